The van der Waals surface area contributed by atoms with Crippen LogP contribution < -0.4 is 4.74 Å². The Bertz CT molecular complexity index is 664. The van der Waals surface area contributed by atoms with E-state index in [1.165, 1.54) is 24.3 Å². The monoisotopic (exact) mass is 315 g/mol. The van der Waals surface area contributed by atoms with E-state index in [0.717, 1.165) is 6.07 Å². The van der Waals surface area contributed by atoms with Crippen molar-refractivity contribution >= 4 is 28.9 Å². The van der Waals surface area contributed by atoms with Gasteiger partial charge in [-0.05, 0) is 12.1 Å². The number of non-ortho nitro benzene ring substituents is 1. The summed E-state index contributed by atoms with van der Waals surface area (Å²) in [5, 5.41) is 10.6. The predicted molar refractivity (Wildman–Crippen MR) is 74.1 cm³/mol. The molecule has 0 saturated heterocycles. The Balaban J connectivity index is 2.38. The summed E-state index contributed by atoms with van der Waals surface area (Å²) >= 11 is 11.6. The molecule has 0 radical (unpaired) electrons. The molecule has 0 bridgehead atoms. The maximum Gasteiger partial charge on any atom is 0.271 e. The molecular weight excluding hydrogens is 308 g/mol. The van der Waals surface area contributed by atoms with Gasteiger partial charge in [0.1, 0.15) is 5.75 Å². The molecule has 20 heavy (non-hydrogen) atoms. The van der Waals surface area contributed by atoms with Gasteiger partial charge in [-0.25, -0.2) is 4.39 Å². The number of nitrogens with zero attached hydrogens (tertiary/aromatic N) is 1. The highest BCUT2D eigenvalue weighted by atomic mass is 35.5. The van der Waals surface area contributed by atoms with Gasteiger partial charge in [-0.1, -0.05) is 23.7 Å². The van der Waals surface area contributed by atoms with E-state index in [1.54, 1.807) is 6.07 Å². The van der Waals surface area contributed by atoms with Gasteiger partial charge in [0.2, 0.25) is 0 Å². The van der Waals surface area contributed by atoms with Crippen LogP contribution in [0.3, 0.4) is 0 Å². The number of nitro groups is 1. The maximum absolute atomic E-state index is 13.7. The van der Waals surface area contributed by atoms with Gasteiger partial charge in [0.25, 0.3) is 5.69 Å². The number of hydrogen-bond acceptors (Lipinski definition) is 3. The summed E-state index contributed by atoms with van der Waals surface area (Å²) in [6, 6.07) is 8.03. The number of ether oxygens (including phenoxy) is 1. The van der Waals surface area contributed by atoms with Crippen LogP contribution in [-0.4, -0.2) is 4.92 Å². The minimum atomic E-state index is -0.586. The molecule has 0 heterocycles. The Morgan fingerprint density at radius 1 is 1.30 bits per heavy atom. The van der Waals surface area contributed by atoms with Crippen molar-refractivity contribution in [2.75, 3.05) is 0 Å². The van der Waals surface area contributed by atoms with Crippen LogP contribution in [0, 0.1) is 15.9 Å². The third kappa shape index (κ3) is 3.00. The second kappa shape index (κ2) is 6.07. The quantitative estimate of drug-likeness (QED) is 0.457. The van der Waals surface area contributed by atoms with Crippen molar-refractivity contribution in [2.45, 2.75) is 5.88 Å². The molecule has 0 spiro atoms. The fourth-order valence-corrected chi connectivity index (χ4v) is 1.99. The molecule has 0 aliphatic rings. The Morgan fingerprint density at radius 3 is 2.65 bits per heavy atom. The van der Waals surface area contributed by atoms with Gasteiger partial charge in [-0.3, -0.25) is 10.1 Å². The number of halogens is 3. The lowest BCUT2D eigenvalue weighted by Gasteiger charge is -2.11. The highest BCUT2D eigenvalue weighted by Crippen LogP contribution is 2.35. The molecule has 2 aromatic rings. The minimum Gasteiger partial charge on any atom is -0.452 e. The summed E-state index contributed by atoms with van der Waals surface area (Å²) in [5.41, 5.74) is 0.287. The van der Waals surface area contributed by atoms with Gasteiger partial charge in [-0.2, -0.15) is 0 Å². The van der Waals surface area contributed by atoms with Gasteiger partial charge in [0.15, 0.2) is 11.6 Å². The lowest BCUT2D eigenvalue weighted by molar-refractivity contribution is -0.384. The topological polar surface area (TPSA) is 52.4 Å². The molecule has 0 amide bonds. The molecule has 0 saturated carbocycles. The highest BCUT2D eigenvalue weighted by molar-refractivity contribution is 6.32. The lowest BCUT2D eigenvalue weighted by Crippen LogP contribution is -1.95. The van der Waals surface area contributed by atoms with E-state index in [4.69, 9.17) is 27.9 Å². The fourth-order valence-electron chi connectivity index (χ4n) is 1.57. The first-order valence-corrected chi connectivity index (χ1v) is 6.39. The summed E-state index contributed by atoms with van der Waals surface area (Å²) in [5.74, 6) is -0.443. The molecule has 2 rings (SSSR count). The van der Waals surface area contributed by atoms with Crippen molar-refractivity contribution < 1.29 is 14.1 Å². The molecule has 0 aliphatic carbocycles. The van der Waals surface area contributed by atoms with Crippen LogP contribution in [0.25, 0.3) is 0 Å². The number of benzene rings is 2. The molecule has 7 heteroatoms. The van der Waals surface area contributed by atoms with E-state index >= 15 is 0 Å². The number of para-hydroxylation sites is 1. The van der Waals surface area contributed by atoms with E-state index in [1.807, 2.05) is 0 Å². The molecule has 0 aromatic heterocycles. The van der Waals surface area contributed by atoms with E-state index in [-0.39, 0.29) is 28.1 Å². The van der Waals surface area contributed by atoms with Gasteiger partial charge in [0, 0.05) is 17.7 Å². The van der Waals surface area contributed by atoms with Crippen LogP contribution in [0.15, 0.2) is 36.4 Å². The predicted octanol–water partition coefficient (Wildman–Crippen LogP) is 4.92. The third-order valence-electron chi connectivity index (χ3n) is 2.53. The maximum atomic E-state index is 13.7. The largest absolute Gasteiger partial charge is 0.452 e. The summed E-state index contributed by atoms with van der Waals surface area (Å²) in [6.07, 6.45) is 0. The normalized spacial score (nSPS) is 10.3. The molecule has 104 valence electrons. The van der Waals surface area contributed by atoms with Crippen LogP contribution in [0.5, 0.6) is 11.5 Å². The van der Waals surface area contributed by atoms with Crippen molar-refractivity contribution in [3.05, 3.63) is 62.9 Å². The van der Waals surface area contributed by atoms with Crippen LogP contribution in [0.4, 0.5) is 10.1 Å². The van der Waals surface area contributed by atoms with Crippen LogP contribution in [0.1, 0.15) is 5.56 Å². The number of nitro benzene ring substituents is 1. The van der Waals surface area contributed by atoms with E-state index in [0.29, 0.717) is 5.56 Å². The first-order chi connectivity index (χ1) is 9.52. The first kappa shape index (κ1) is 14.6. The van der Waals surface area contributed by atoms with Crippen molar-refractivity contribution in [1.29, 1.82) is 0 Å². The molecule has 0 N–H and O–H groups in total. The average molecular weight is 316 g/mol. The summed E-state index contributed by atoms with van der Waals surface area (Å²) in [4.78, 5) is 10.0. The van der Waals surface area contributed by atoms with E-state index in [2.05, 4.69) is 0 Å². The Labute approximate surface area is 123 Å². The fraction of sp³-hybridized carbons (Fsp3) is 0.0769. The van der Waals surface area contributed by atoms with Gasteiger partial charge in [-0.15, -0.1) is 11.6 Å². The van der Waals surface area contributed by atoms with Crippen molar-refractivity contribution in [3.63, 3.8) is 0 Å². The number of alkyl halides is 1. The van der Waals surface area contributed by atoms with Crippen LogP contribution in [0.2, 0.25) is 5.02 Å². The second-order valence-electron chi connectivity index (χ2n) is 3.84. The Kier molecular flexibility index (Phi) is 4.42. The zero-order chi connectivity index (χ0) is 14.7. The molecular formula is C13H8Cl2FNO3. The van der Waals surface area contributed by atoms with Gasteiger partial charge >= 0.3 is 0 Å². The van der Waals surface area contributed by atoms with Gasteiger partial charge < -0.3 is 4.74 Å². The molecule has 0 unspecified atom stereocenters. The van der Waals surface area contributed by atoms with Crippen LogP contribution >= 0.6 is 23.2 Å². The van der Waals surface area contributed by atoms with Crippen molar-refractivity contribution in [1.82, 2.24) is 0 Å². The van der Waals surface area contributed by atoms with E-state index in [9.17, 15) is 14.5 Å². The molecule has 2 aromatic carbocycles. The first-order valence-electron chi connectivity index (χ1n) is 5.48. The van der Waals surface area contributed by atoms with Gasteiger partial charge in [0.05, 0.1) is 15.8 Å². The number of rotatable bonds is 4. The Hall–Kier alpha value is -1.85. The molecule has 0 atom stereocenters. The van der Waals surface area contributed by atoms with Crippen LogP contribution in [-0.2, 0) is 5.88 Å². The standard InChI is InChI=1S/C13H8Cl2FNO3/c14-7-8-2-1-3-11(16)13(8)20-12-5-4-9(17(18)19)6-10(12)15/h1-6H,7H2. The molecule has 4 nitrogen and oxygen atoms in total. The Morgan fingerprint density at radius 2 is 2.05 bits per heavy atom. The molecule has 0 fully saturated rings. The average Bonchev–Trinajstić information content (AvgIpc) is 2.42. The zero-order valence-electron chi connectivity index (χ0n) is 9.98. The summed E-state index contributed by atoms with van der Waals surface area (Å²) in [6.45, 7) is 0. The summed E-state index contributed by atoms with van der Waals surface area (Å²) in [7, 11) is 0. The highest BCUT2D eigenvalue weighted by Gasteiger charge is 2.15. The third-order valence-corrected chi connectivity index (χ3v) is 3.11. The summed E-state index contributed by atoms with van der Waals surface area (Å²) < 4.78 is 19.1. The zero-order valence-corrected chi connectivity index (χ0v) is 11.5. The second-order valence-corrected chi connectivity index (χ2v) is 4.51. The number of hydrogen-bond donors (Lipinski definition) is 0. The van der Waals surface area contributed by atoms with E-state index < -0.39 is 10.7 Å². The van der Waals surface area contributed by atoms with Crippen molar-refractivity contribution in [3.8, 4) is 11.5 Å². The lowest BCUT2D eigenvalue weighted by atomic mass is 10.2. The SMILES string of the molecule is O=[N+]([O-])c1ccc(Oc2c(F)cccc2CCl)c(Cl)c1. The smallest absolute Gasteiger partial charge is 0.271 e. The minimum absolute atomic E-state index is 0.0166. The van der Waals surface area contributed by atoms with Crippen molar-refractivity contribution in [2.24, 2.45) is 0 Å². The molecule has 0 aliphatic heterocycles.